The van der Waals surface area contributed by atoms with Gasteiger partial charge < -0.3 is 0 Å². The van der Waals surface area contributed by atoms with E-state index >= 15 is 0 Å². The van der Waals surface area contributed by atoms with E-state index in [1.807, 2.05) is 0 Å². The molecule has 0 heterocycles. The first-order valence-electron chi connectivity index (χ1n) is 11.9. The Kier molecular flexibility index (Phi) is 8.08. The number of fused-ring (bicyclic) bond motifs is 1. The van der Waals surface area contributed by atoms with Gasteiger partial charge in [0.1, 0.15) is 0 Å². The molecule has 0 amide bonds. The van der Waals surface area contributed by atoms with Crippen LogP contribution in [-0.2, 0) is 12.8 Å². The zero-order chi connectivity index (χ0) is 18.2. The van der Waals surface area contributed by atoms with E-state index in [-0.39, 0.29) is 0 Å². The van der Waals surface area contributed by atoms with Gasteiger partial charge in [0.15, 0.2) is 0 Å². The van der Waals surface area contributed by atoms with Crippen molar-refractivity contribution in [1.29, 1.82) is 0 Å². The molecule has 1 aromatic carbocycles. The van der Waals surface area contributed by atoms with E-state index in [4.69, 9.17) is 0 Å². The summed E-state index contributed by atoms with van der Waals surface area (Å²) in [5, 5.41) is 0. The highest BCUT2D eigenvalue weighted by Crippen LogP contribution is 2.39. The highest BCUT2D eigenvalue weighted by Gasteiger charge is 2.24. The third-order valence-electron chi connectivity index (χ3n) is 7.42. The maximum Gasteiger partial charge on any atom is -0.0162 e. The van der Waals surface area contributed by atoms with Gasteiger partial charge in [-0.05, 0) is 79.4 Å². The molecule has 0 radical (unpaired) electrons. The molecule has 0 bridgehead atoms. The Balaban J connectivity index is 1.41. The van der Waals surface area contributed by atoms with Crippen LogP contribution in [0.25, 0.3) is 0 Å². The highest BCUT2D eigenvalue weighted by atomic mass is 14.3. The summed E-state index contributed by atoms with van der Waals surface area (Å²) in [5.41, 5.74) is 5.00. The van der Waals surface area contributed by atoms with Gasteiger partial charge in [-0.1, -0.05) is 83.4 Å². The smallest absolute Gasteiger partial charge is 0.0162 e. The summed E-state index contributed by atoms with van der Waals surface area (Å²) in [6, 6.07) is 7.56. The number of hydrogen-bond acceptors (Lipinski definition) is 0. The first-order chi connectivity index (χ1) is 12.8. The Hall–Kier alpha value is -0.780. The molecule has 0 saturated heterocycles. The topological polar surface area (TPSA) is 0 Å². The second kappa shape index (κ2) is 10.5. The molecule has 0 aliphatic heterocycles. The second-order valence-electron chi connectivity index (χ2n) is 9.32. The minimum absolute atomic E-state index is 0.852. The molecule has 1 saturated carbocycles. The lowest BCUT2D eigenvalue weighted by molar-refractivity contribution is 0.301. The standard InChI is InChI=1S/C26H42/c1-3-5-6-7-8-9-10-22-12-14-23(15-13-22)25-18-17-24-19-21(4-2)11-16-26(24)20-25/h17-18,20-23H,3-16,19H2,1-2H3/t21?,22-,23-. The number of rotatable bonds is 9. The third-order valence-corrected chi connectivity index (χ3v) is 7.42. The minimum atomic E-state index is 0.852. The molecule has 0 spiro atoms. The van der Waals surface area contributed by atoms with Gasteiger partial charge in [-0.2, -0.15) is 0 Å². The lowest BCUT2D eigenvalue weighted by atomic mass is 9.75. The molecule has 0 aromatic heterocycles. The molecular formula is C26H42. The van der Waals surface area contributed by atoms with Gasteiger partial charge in [0.2, 0.25) is 0 Å². The normalized spacial score (nSPS) is 25.8. The fraction of sp³-hybridized carbons (Fsp3) is 0.769. The molecule has 2 aliphatic rings. The van der Waals surface area contributed by atoms with Crippen LogP contribution in [0.2, 0.25) is 0 Å². The van der Waals surface area contributed by atoms with Crippen molar-refractivity contribution in [2.45, 2.75) is 116 Å². The van der Waals surface area contributed by atoms with E-state index in [1.165, 1.54) is 96.3 Å². The molecule has 1 fully saturated rings. The Morgan fingerprint density at radius 3 is 2.31 bits per heavy atom. The average molecular weight is 355 g/mol. The summed E-state index contributed by atoms with van der Waals surface area (Å²) in [4.78, 5) is 0. The van der Waals surface area contributed by atoms with E-state index in [0.717, 1.165) is 17.8 Å². The minimum Gasteiger partial charge on any atom is -0.0654 e. The zero-order valence-corrected chi connectivity index (χ0v) is 17.6. The molecule has 0 N–H and O–H groups in total. The molecule has 3 rings (SSSR count). The first kappa shape index (κ1) is 20.0. The summed E-state index contributed by atoms with van der Waals surface area (Å²) in [6.07, 6.45) is 21.5. The average Bonchev–Trinajstić information content (AvgIpc) is 2.70. The van der Waals surface area contributed by atoms with E-state index in [2.05, 4.69) is 32.0 Å². The number of unbranched alkanes of at least 4 members (excludes halogenated alkanes) is 5. The maximum atomic E-state index is 2.60. The Morgan fingerprint density at radius 2 is 1.54 bits per heavy atom. The fourth-order valence-electron chi connectivity index (χ4n) is 5.45. The number of benzene rings is 1. The van der Waals surface area contributed by atoms with Gasteiger partial charge in [0.05, 0.1) is 0 Å². The van der Waals surface area contributed by atoms with Crippen LogP contribution in [-0.4, -0.2) is 0 Å². The second-order valence-corrected chi connectivity index (χ2v) is 9.32. The van der Waals surface area contributed by atoms with Gasteiger partial charge in [0.25, 0.3) is 0 Å². The van der Waals surface area contributed by atoms with Crippen molar-refractivity contribution in [2.24, 2.45) is 11.8 Å². The number of aryl methyl sites for hydroxylation is 1. The van der Waals surface area contributed by atoms with Gasteiger partial charge in [0, 0.05) is 0 Å². The number of hydrogen-bond donors (Lipinski definition) is 0. The summed E-state index contributed by atoms with van der Waals surface area (Å²) < 4.78 is 0. The maximum absolute atomic E-state index is 2.60. The lowest BCUT2D eigenvalue weighted by Gasteiger charge is -2.30. The molecule has 26 heavy (non-hydrogen) atoms. The first-order valence-corrected chi connectivity index (χ1v) is 11.9. The van der Waals surface area contributed by atoms with Crippen molar-refractivity contribution in [3.8, 4) is 0 Å². The van der Waals surface area contributed by atoms with Crippen LogP contribution < -0.4 is 0 Å². The molecule has 146 valence electrons. The molecule has 0 heteroatoms. The van der Waals surface area contributed by atoms with Crippen molar-refractivity contribution in [3.05, 3.63) is 34.9 Å². The third kappa shape index (κ3) is 5.61. The predicted octanol–water partition coefficient (Wildman–Crippen LogP) is 8.23. The van der Waals surface area contributed by atoms with E-state index in [1.54, 1.807) is 16.7 Å². The highest BCUT2D eigenvalue weighted by molar-refractivity contribution is 5.36. The Morgan fingerprint density at radius 1 is 0.769 bits per heavy atom. The largest absolute Gasteiger partial charge is 0.0654 e. The fourth-order valence-corrected chi connectivity index (χ4v) is 5.45. The van der Waals surface area contributed by atoms with Gasteiger partial charge in [-0.25, -0.2) is 0 Å². The van der Waals surface area contributed by atoms with E-state index in [0.29, 0.717) is 0 Å². The van der Waals surface area contributed by atoms with E-state index < -0.39 is 0 Å². The van der Waals surface area contributed by atoms with Gasteiger partial charge in [-0.3, -0.25) is 0 Å². The van der Waals surface area contributed by atoms with Crippen molar-refractivity contribution in [2.75, 3.05) is 0 Å². The lowest BCUT2D eigenvalue weighted by Crippen LogP contribution is -2.16. The van der Waals surface area contributed by atoms with Crippen molar-refractivity contribution in [3.63, 3.8) is 0 Å². The molecule has 1 atom stereocenters. The van der Waals surface area contributed by atoms with Gasteiger partial charge >= 0.3 is 0 Å². The summed E-state index contributed by atoms with van der Waals surface area (Å²) in [5.74, 6) is 2.82. The molecule has 2 aliphatic carbocycles. The Labute approximate surface area is 163 Å². The van der Waals surface area contributed by atoms with Gasteiger partial charge in [-0.15, -0.1) is 0 Å². The summed E-state index contributed by atoms with van der Waals surface area (Å²) >= 11 is 0. The van der Waals surface area contributed by atoms with Crippen molar-refractivity contribution in [1.82, 2.24) is 0 Å². The quantitative estimate of drug-likeness (QED) is 0.392. The van der Waals surface area contributed by atoms with E-state index in [9.17, 15) is 0 Å². The van der Waals surface area contributed by atoms with Crippen LogP contribution in [0.4, 0.5) is 0 Å². The Bertz CT molecular complexity index is 521. The molecular weight excluding hydrogens is 312 g/mol. The van der Waals surface area contributed by atoms with Crippen molar-refractivity contribution >= 4 is 0 Å². The summed E-state index contributed by atoms with van der Waals surface area (Å²) in [7, 11) is 0. The molecule has 1 aromatic rings. The van der Waals surface area contributed by atoms with Crippen molar-refractivity contribution < 1.29 is 0 Å². The van der Waals surface area contributed by atoms with Crippen LogP contribution in [0, 0.1) is 11.8 Å². The zero-order valence-electron chi connectivity index (χ0n) is 17.6. The van der Waals surface area contributed by atoms with Crippen LogP contribution in [0.15, 0.2) is 18.2 Å². The summed E-state index contributed by atoms with van der Waals surface area (Å²) in [6.45, 7) is 4.66. The van der Waals surface area contributed by atoms with Crippen LogP contribution >= 0.6 is 0 Å². The predicted molar refractivity (Wildman–Crippen MR) is 115 cm³/mol. The monoisotopic (exact) mass is 354 g/mol. The molecule has 1 unspecified atom stereocenters. The van der Waals surface area contributed by atoms with Crippen LogP contribution in [0.3, 0.4) is 0 Å². The van der Waals surface area contributed by atoms with Crippen LogP contribution in [0.1, 0.15) is 120 Å². The molecule has 0 nitrogen and oxygen atoms in total. The SMILES string of the molecule is CCCCCCCC[C@H]1CC[C@H](c2ccc3c(c2)CCC(CC)C3)CC1. The van der Waals surface area contributed by atoms with Crippen LogP contribution in [0.5, 0.6) is 0 Å².